The molecule has 102 valence electrons. The molecule has 2 nitrogen and oxygen atoms in total. The van der Waals surface area contributed by atoms with Gasteiger partial charge in [0.05, 0.1) is 5.41 Å². The molecule has 1 rings (SSSR count). The van der Waals surface area contributed by atoms with Gasteiger partial charge in [-0.15, -0.1) is 0 Å². The summed E-state index contributed by atoms with van der Waals surface area (Å²) in [4.78, 5) is 0. The molecule has 2 N–H and O–H groups in total. The molecule has 1 aliphatic rings. The predicted molar refractivity (Wildman–Crippen MR) is 60.7 cm³/mol. The highest BCUT2D eigenvalue weighted by atomic mass is 19.4. The van der Waals surface area contributed by atoms with Gasteiger partial charge < -0.3 is 10.5 Å². The summed E-state index contributed by atoms with van der Waals surface area (Å²) in [5.41, 5.74) is 4.13. The van der Waals surface area contributed by atoms with Crippen LogP contribution in [-0.2, 0) is 4.74 Å². The molecular formula is C12H22F3NO. The van der Waals surface area contributed by atoms with Crippen LogP contribution in [0.1, 0.15) is 45.4 Å². The largest absolute Gasteiger partial charge is 0.395 e. The van der Waals surface area contributed by atoms with Gasteiger partial charge in [-0.05, 0) is 32.1 Å². The van der Waals surface area contributed by atoms with Gasteiger partial charge in [-0.2, -0.15) is 13.2 Å². The van der Waals surface area contributed by atoms with E-state index in [9.17, 15) is 13.2 Å². The van der Waals surface area contributed by atoms with Gasteiger partial charge in [0, 0.05) is 19.3 Å². The maximum atomic E-state index is 12.9. The zero-order valence-corrected chi connectivity index (χ0v) is 10.4. The Bertz CT molecular complexity index is 226. The number of alkyl halides is 3. The summed E-state index contributed by atoms with van der Waals surface area (Å²) in [6.45, 7) is 3.17. The fraction of sp³-hybridized carbons (Fsp3) is 1.00. The summed E-state index contributed by atoms with van der Waals surface area (Å²) in [6, 6.07) is -0.776. The monoisotopic (exact) mass is 253 g/mol. The van der Waals surface area contributed by atoms with E-state index >= 15 is 0 Å². The molecule has 0 amide bonds. The normalized spacial score (nSPS) is 21.0. The lowest BCUT2D eigenvalue weighted by Crippen LogP contribution is -2.56. The van der Waals surface area contributed by atoms with Crippen LogP contribution in [-0.4, -0.2) is 25.4 Å². The summed E-state index contributed by atoms with van der Waals surface area (Å²) < 4.78 is 44.0. The maximum absolute atomic E-state index is 12.9. The molecule has 0 aromatic rings. The lowest BCUT2D eigenvalue weighted by molar-refractivity contribution is -0.259. The zero-order chi connectivity index (χ0) is 12.9. The second-order valence-corrected chi connectivity index (χ2v) is 4.87. The van der Waals surface area contributed by atoms with Crippen molar-refractivity contribution < 1.29 is 17.9 Å². The van der Waals surface area contributed by atoms with Crippen LogP contribution in [0.15, 0.2) is 0 Å². The highest BCUT2D eigenvalue weighted by Crippen LogP contribution is 2.55. The van der Waals surface area contributed by atoms with E-state index in [1.165, 1.54) is 0 Å². The molecule has 1 saturated carbocycles. The van der Waals surface area contributed by atoms with E-state index in [-0.39, 0.29) is 12.8 Å². The third kappa shape index (κ3) is 3.35. The summed E-state index contributed by atoms with van der Waals surface area (Å²) in [7, 11) is 0. The highest BCUT2D eigenvalue weighted by Gasteiger charge is 2.60. The molecule has 1 atom stereocenters. The minimum atomic E-state index is -4.16. The number of rotatable bonds is 7. The van der Waals surface area contributed by atoms with Crippen molar-refractivity contribution in [2.24, 2.45) is 11.1 Å². The Kier molecular flexibility index (Phi) is 5.25. The first-order chi connectivity index (χ1) is 7.94. The van der Waals surface area contributed by atoms with Crippen molar-refractivity contribution in [3.8, 4) is 0 Å². The molecule has 0 bridgehead atoms. The van der Waals surface area contributed by atoms with Gasteiger partial charge in [-0.1, -0.05) is 13.3 Å². The van der Waals surface area contributed by atoms with Crippen LogP contribution in [0.2, 0.25) is 0 Å². The fourth-order valence-corrected chi connectivity index (χ4v) is 2.35. The molecule has 0 spiro atoms. The maximum Gasteiger partial charge on any atom is 0.395 e. The average molecular weight is 253 g/mol. The van der Waals surface area contributed by atoms with Gasteiger partial charge in [0.1, 0.15) is 0 Å². The summed E-state index contributed by atoms with van der Waals surface area (Å²) in [5.74, 6) is 0. The van der Waals surface area contributed by atoms with Gasteiger partial charge in [0.2, 0.25) is 0 Å². The first kappa shape index (κ1) is 14.8. The molecular weight excluding hydrogens is 231 g/mol. The Morgan fingerprint density at radius 2 is 1.94 bits per heavy atom. The van der Waals surface area contributed by atoms with Gasteiger partial charge >= 0.3 is 6.18 Å². The Hall–Kier alpha value is -0.290. The molecule has 0 saturated heterocycles. The Labute approximate surface area is 101 Å². The Balaban J connectivity index is 2.33. The minimum absolute atomic E-state index is 0.188. The second kappa shape index (κ2) is 6.05. The summed E-state index contributed by atoms with van der Waals surface area (Å²) in [5, 5.41) is 0. The number of nitrogens with two attached hydrogens (primary N) is 1. The molecule has 5 heteroatoms. The fourth-order valence-electron chi connectivity index (χ4n) is 2.35. The molecule has 1 fully saturated rings. The van der Waals surface area contributed by atoms with E-state index < -0.39 is 17.6 Å². The number of ether oxygens (including phenoxy) is 1. The first-order valence-electron chi connectivity index (χ1n) is 6.34. The van der Waals surface area contributed by atoms with E-state index in [2.05, 4.69) is 0 Å². The average Bonchev–Trinajstić information content (AvgIpc) is 2.13. The van der Waals surface area contributed by atoms with Crippen LogP contribution in [0.25, 0.3) is 0 Å². The van der Waals surface area contributed by atoms with Crippen molar-refractivity contribution in [3.05, 3.63) is 0 Å². The lowest BCUT2D eigenvalue weighted by Gasteiger charge is -2.47. The highest BCUT2D eigenvalue weighted by molar-refractivity contribution is 5.00. The van der Waals surface area contributed by atoms with Crippen molar-refractivity contribution in [2.45, 2.75) is 57.7 Å². The lowest BCUT2D eigenvalue weighted by atomic mass is 9.62. The Morgan fingerprint density at radius 3 is 2.35 bits per heavy atom. The second-order valence-electron chi connectivity index (χ2n) is 4.87. The van der Waals surface area contributed by atoms with Gasteiger partial charge in [-0.25, -0.2) is 0 Å². The van der Waals surface area contributed by atoms with Crippen molar-refractivity contribution in [2.75, 3.05) is 13.2 Å². The standard InChI is InChI=1S/C12H22F3NO/c1-2-8-17-9-3-5-10(16)11(6-4-7-11)12(13,14)15/h10H,2-9,16H2,1H3. The Morgan fingerprint density at radius 1 is 1.29 bits per heavy atom. The van der Waals surface area contributed by atoms with E-state index in [0.717, 1.165) is 6.42 Å². The molecule has 17 heavy (non-hydrogen) atoms. The minimum Gasteiger partial charge on any atom is -0.381 e. The number of hydrogen-bond donors (Lipinski definition) is 1. The van der Waals surface area contributed by atoms with Crippen LogP contribution >= 0.6 is 0 Å². The van der Waals surface area contributed by atoms with E-state index in [1.807, 2.05) is 6.92 Å². The van der Waals surface area contributed by atoms with E-state index in [1.54, 1.807) is 0 Å². The predicted octanol–water partition coefficient (Wildman–Crippen LogP) is 3.25. The van der Waals surface area contributed by atoms with Crippen LogP contribution in [0, 0.1) is 5.41 Å². The summed E-state index contributed by atoms with van der Waals surface area (Å²) in [6.07, 6.45) is -1.21. The first-order valence-corrected chi connectivity index (χ1v) is 6.34. The van der Waals surface area contributed by atoms with E-state index in [4.69, 9.17) is 10.5 Å². The van der Waals surface area contributed by atoms with Gasteiger partial charge in [0.15, 0.2) is 0 Å². The molecule has 0 aromatic carbocycles. The topological polar surface area (TPSA) is 35.2 Å². The van der Waals surface area contributed by atoms with Crippen molar-refractivity contribution in [1.82, 2.24) is 0 Å². The number of halogens is 3. The van der Waals surface area contributed by atoms with Crippen LogP contribution in [0.5, 0.6) is 0 Å². The quantitative estimate of drug-likeness (QED) is 0.707. The van der Waals surface area contributed by atoms with Crippen LogP contribution < -0.4 is 5.73 Å². The van der Waals surface area contributed by atoms with Crippen molar-refractivity contribution >= 4 is 0 Å². The molecule has 1 aliphatic carbocycles. The number of hydrogen-bond acceptors (Lipinski definition) is 2. The molecule has 0 aromatic heterocycles. The molecule has 0 aliphatic heterocycles. The van der Waals surface area contributed by atoms with Crippen molar-refractivity contribution in [3.63, 3.8) is 0 Å². The van der Waals surface area contributed by atoms with Crippen molar-refractivity contribution in [1.29, 1.82) is 0 Å². The molecule has 0 radical (unpaired) electrons. The molecule has 0 heterocycles. The van der Waals surface area contributed by atoms with Crippen LogP contribution in [0.4, 0.5) is 13.2 Å². The summed E-state index contributed by atoms with van der Waals surface area (Å²) >= 11 is 0. The van der Waals surface area contributed by atoms with Crippen LogP contribution in [0.3, 0.4) is 0 Å². The third-order valence-electron chi connectivity index (χ3n) is 3.67. The zero-order valence-electron chi connectivity index (χ0n) is 10.4. The van der Waals surface area contributed by atoms with E-state index in [0.29, 0.717) is 32.5 Å². The SMILES string of the molecule is CCCOCCCC(N)C1(C(F)(F)F)CCC1. The van der Waals surface area contributed by atoms with Gasteiger partial charge in [0.25, 0.3) is 0 Å². The third-order valence-corrected chi connectivity index (χ3v) is 3.67. The van der Waals surface area contributed by atoms with Gasteiger partial charge in [-0.3, -0.25) is 0 Å². The molecule has 1 unspecified atom stereocenters. The smallest absolute Gasteiger partial charge is 0.381 e.